The summed E-state index contributed by atoms with van der Waals surface area (Å²) in [5, 5.41) is 0.973. The summed E-state index contributed by atoms with van der Waals surface area (Å²) in [5.74, 6) is 1.64. The summed E-state index contributed by atoms with van der Waals surface area (Å²) in [6.45, 7) is 0.308. The average molecular weight is 434 g/mol. The Morgan fingerprint density at radius 2 is 1.87 bits per heavy atom. The zero-order valence-electron chi connectivity index (χ0n) is 11.9. The van der Waals surface area contributed by atoms with Gasteiger partial charge in [0, 0.05) is 16.9 Å². The maximum atomic E-state index is 5.48. The van der Waals surface area contributed by atoms with Gasteiger partial charge in [-0.15, -0.1) is 11.3 Å². The zero-order valence-corrected chi connectivity index (χ0v) is 14.9. The summed E-state index contributed by atoms with van der Waals surface area (Å²) >= 11 is 3.86. The van der Waals surface area contributed by atoms with Crippen LogP contribution < -0.4 is 13.0 Å². The van der Waals surface area contributed by atoms with Crippen molar-refractivity contribution < 1.29 is 9.47 Å². The third-order valence-corrected chi connectivity index (χ3v) is 6.04. The van der Waals surface area contributed by atoms with Gasteiger partial charge in [0.2, 0.25) is 6.79 Å². The Morgan fingerprint density at radius 3 is 2.78 bits per heavy atom. The lowest BCUT2D eigenvalue weighted by Crippen LogP contribution is -1.92. The molecule has 2 aliphatic rings. The molecule has 5 rings (SSSR count). The maximum Gasteiger partial charge on any atom is 0.231 e. The molecule has 6 heteroatoms. The molecule has 1 aliphatic heterocycles. The van der Waals surface area contributed by atoms with Gasteiger partial charge in [0.15, 0.2) is 16.6 Å². The fourth-order valence-electron chi connectivity index (χ4n) is 3.12. The molecule has 1 aliphatic carbocycles. The molecule has 0 bridgehead atoms. The smallest absolute Gasteiger partial charge is 0.231 e. The van der Waals surface area contributed by atoms with Crippen LogP contribution >= 0.6 is 34.2 Å². The van der Waals surface area contributed by atoms with E-state index in [1.807, 2.05) is 12.1 Å². The van der Waals surface area contributed by atoms with Crippen molar-refractivity contribution in [2.24, 2.45) is 0 Å². The Hall–Kier alpha value is -1.80. The Bertz CT molecular complexity index is 938. The number of halogens is 1. The lowest BCUT2D eigenvalue weighted by Gasteiger charge is -2.06. The highest BCUT2D eigenvalue weighted by Gasteiger charge is 2.24. The van der Waals surface area contributed by atoms with Gasteiger partial charge in [-0.3, -0.25) is 0 Å². The molecule has 0 saturated heterocycles. The predicted octanol–water partition coefficient (Wildman–Crippen LogP) is 4.87. The highest BCUT2D eigenvalue weighted by Crippen LogP contribution is 2.43. The number of ether oxygens (including phenoxy) is 2. The van der Waals surface area contributed by atoms with Gasteiger partial charge in [-0.05, 0) is 28.8 Å². The van der Waals surface area contributed by atoms with E-state index >= 15 is 0 Å². The van der Waals surface area contributed by atoms with Crippen LogP contribution in [-0.2, 0) is 6.42 Å². The minimum atomic E-state index is 0.308. The van der Waals surface area contributed by atoms with Gasteiger partial charge in [0.25, 0.3) is 0 Å². The third-order valence-electron chi connectivity index (χ3n) is 4.20. The summed E-state index contributed by atoms with van der Waals surface area (Å²) in [6, 6.07) is 12.7. The lowest BCUT2D eigenvalue weighted by molar-refractivity contribution is 0.174. The number of fused-ring (bicyclic) bond motifs is 4. The van der Waals surface area contributed by atoms with E-state index in [0.717, 1.165) is 34.3 Å². The highest BCUT2D eigenvalue weighted by molar-refractivity contribution is 14.1. The second-order valence-corrected chi connectivity index (χ2v) is 7.13. The topological polar surface area (TPSA) is 43.4 Å². The molecule has 0 fully saturated rings. The molecule has 0 radical (unpaired) electrons. The van der Waals surface area contributed by atoms with E-state index in [9.17, 15) is 0 Å². The van der Waals surface area contributed by atoms with E-state index in [1.54, 1.807) is 11.3 Å². The van der Waals surface area contributed by atoms with Crippen LogP contribution in [0.1, 0.15) is 10.4 Å². The molecule has 0 spiro atoms. The molecule has 1 aromatic heterocycles. The number of rotatable bonds is 2. The van der Waals surface area contributed by atoms with Gasteiger partial charge >= 0.3 is 0 Å². The van der Waals surface area contributed by atoms with Crippen molar-refractivity contribution in [1.82, 2.24) is 4.98 Å². The molecule has 114 valence electrons. The highest BCUT2D eigenvalue weighted by atomic mass is 127. The number of nitrogens with zero attached hydrogens (tertiary/aromatic N) is 1. The van der Waals surface area contributed by atoms with Crippen molar-refractivity contribution in [3.05, 3.63) is 46.8 Å². The van der Waals surface area contributed by atoms with Crippen LogP contribution in [0.2, 0.25) is 0 Å². The average Bonchev–Trinajstić information content (AvgIpc) is 3.26. The molecule has 2 aromatic carbocycles. The van der Waals surface area contributed by atoms with Crippen molar-refractivity contribution in [3.8, 4) is 33.9 Å². The fourth-order valence-corrected chi connectivity index (χ4v) is 4.46. The number of nitrogens with one attached hydrogen (secondary N) is 1. The second-order valence-electron chi connectivity index (χ2n) is 5.50. The van der Waals surface area contributed by atoms with Crippen LogP contribution in [0.4, 0.5) is 5.13 Å². The van der Waals surface area contributed by atoms with Gasteiger partial charge in [-0.2, -0.15) is 0 Å². The zero-order chi connectivity index (χ0) is 15.4. The monoisotopic (exact) mass is 434 g/mol. The molecule has 0 atom stereocenters. The number of hydrogen-bond donors (Lipinski definition) is 1. The van der Waals surface area contributed by atoms with E-state index in [-0.39, 0.29) is 0 Å². The minimum Gasteiger partial charge on any atom is -0.454 e. The van der Waals surface area contributed by atoms with E-state index < -0.39 is 0 Å². The van der Waals surface area contributed by atoms with Gasteiger partial charge in [0.1, 0.15) is 0 Å². The first kappa shape index (κ1) is 13.6. The number of anilines is 1. The van der Waals surface area contributed by atoms with Crippen LogP contribution in [0.15, 0.2) is 36.4 Å². The van der Waals surface area contributed by atoms with Crippen LogP contribution in [0.25, 0.3) is 22.4 Å². The van der Waals surface area contributed by atoms with Crippen molar-refractivity contribution in [2.75, 3.05) is 10.3 Å². The molecule has 0 unspecified atom stereocenters. The first-order valence-electron chi connectivity index (χ1n) is 7.21. The first-order valence-corrected chi connectivity index (χ1v) is 9.11. The van der Waals surface area contributed by atoms with Gasteiger partial charge in [-0.1, -0.05) is 24.3 Å². The predicted molar refractivity (Wildman–Crippen MR) is 99.6 cm³/mol. The van der Waals surface area contributed by atoms with E-state index in [4.69, 9.17) is 9.47 Å². The summed E-state index contributed by atoms with van der Waals surface area (Å²) in [6.07, 6.45) is 0.957. The van der Waals surface area contributed by atoms with Crippen LogP contribution in [-0.4, -0.2) is 11.8 Å². The summed E-state index contributed by atoms with van der Waals surface area (Å²) in [5.41, 5.74) is 6.06. The summed E-state index contributed by atoms with van der Waals surface area (Å²) in [7, 11) is 0. The standard InChI is InChI=1S/C17H11IN2O2S/c18-20-17-19-16-12-3-1-9(5-11(12)7-15(16)23-17)10-2-4-13-14(6-10)22-8-21-13/h1-6H,7-8H2,(H,19,20). The van der Waals surface area contributed by atoms with E-state index in [1.165, 1.54) is 21.6 Å². The fraction of sp³-hybridized carbons (Fsp3) is 0.118. The van der Waals surface area contributed by atoms with Gasteiger partial charge in [0.05, 0.1) is 28.6 Å². The van der Waals surface area contributed by atoms with Crippen molar-refractivity contribution in [3.63, 3.8) is 0 Å². The molecule has 4 nitrogen and oxygen atoms in total. The van der Waals surface area contributed by atoms with Crippen molar-refractivity contribution >= 4 is 39.3 Å². The van der Waals surface area contributed by atoms with Crippen LogP contribution in [0, 0.1) is 0 Å². The minimum absolute atomic E-state index is 0.308. The van der Waals surface area contributed by atoms with E-state index in [0.29, 0.717) is 6.79 Å². The number of benzene rings is 2. The molecule has 1 N–H and O–H groups in total. The molecule has 23 heavy (non-hydrogen) atoms. The third kappa shape index (κ3) is 2.12. The Balaban J connectivity index is 1.55. The Kier molecular flexibility index (Phi) is 3.02. The normalized spacial score (nSPS) is 13.8. The van der Waals surface area contributed by atoms with Crippen LogP contribution in [0.5, 0.6) is 11.5 Å². The summed E-state index contributed by atoms with van der Waals surface area (Å²) < 4.78 is 14.0. The van der Waals surface area contributed by atoms with Crippen molar-refractivity contribution in [1.29, 1.82) is 0 Å². The number of hydrogen-bond acceptors (Lipinski definition) is 5. The Morgan fingerprint density at radius 1 is 1.04 bits per heavy atom. The van der Waals surface area contributed by atoms with Gasteiger partial charge in [-0.25, -0.2) is 4.98 Å². The summed E-state index contributed by atoms with van der Waals surface area (Å²) in [4.78, 5) is 6.00. The quantitative estimate of drug-likeness (QED) is 0.361. The van der Waals surface area contributed by atoms with Crippen molar-refractivity contribution in [2.45, 2.75) is 6.42 Å². The van der Waals surface area contributed by atoms with Crippen LogP contribution in [0.3, 0.4) is 0 Å². The SMILES string of the molecule is INc1nc2c(s1)Cc1cc(-c3ccc4c(c3)OCO4)ccc1-2. The molecule has 3 aromatic rings. The maximum absolute atomic E-state index is 5.48. The van der Waals surface area contributed by atoms with E-state index in [2.05, 4.69) is 55.6 Å². The largest absolute Gasteiger partial charge is 0.454 e. The lowest BCUT2D eigenvalue weighted by atomic mass is 10.00. The molecule has 0 saturated carbocycles. The number of thiazole rings is 1. The molecular formula is C17H11IN2O2S. The molecule has 0 amide bonds. The second kappa shape index (κ2) is 5.10. The van der Waals surface area contributed by atoms with Gasteiger partial charge < -0.3 is 13.0 Å². The molecular weight excluding hydrogens is 423 g/mol. The molecule has 2 heterocycles. The first-order chi connectivity index (χ1) is 11.3. The Labute approximate surface area is 151 Å². The number of aromatic nitrogens is 1.